The first-order valence-electron chi connectivity index (χ1n) is 8.25. The molecule has 0 aromatic heterocycles. The van der Waals surface area contributed by atoms with E-state index in [0.29, 0.717) is 39.0 Å². The van der Waals surface area contributed by atoms with Gasteiger partial charge in [-0.2, -0.15) is 0 Å². The summed E-state index contributed by atoms with van der Waals surface area (Å²) in [6.45, 7) is 2.34. The molecule has 2 heterocycles. The predicted molar refractivity (Wildman–Crippen MR) is 92.1 cm³/mol. The minimum Gasteiger partial charge on any atom is -0.339 e. The Morgan fingerprint density at radius 1 is 1.21 bits per heavy atom. The van der Waals surface area contributed by atoms with Crippen molar-refractivity contribution in [3.63, 3.8) is 0 Å². The number of halogens is 1. The van der Waals surface area contributed by atoms with Gasteiger partial charge in [0.1, 0.15) is 5.82 Å². The summed E-state index contributed by atoms with van der Waals surface area (Å²) >= 11 is 1.74. The number of hydrogen-bond acceptors (Lipinski definition) is 4. The molecule has 7 heteroatoms. The zero-order chi connectivity index (χ0) is 16.9. The third kappa shape index (κ3) is 4.27. The molecule has 0 saturated carbocycles. The molecule has 2 fully saturated rings. The fourth-order valence-corrected chi connectivity index (χ4v) is 3.99. The third-order valence-corrected chi connectivity index (χ3v) is 5.41. The van der Waals surface area contributed by atoms with Crippen LogP contribution in [0.1, 0.15) is 12.0 Å². The highest BCUT2D eigenvalue weighted by molar-refractivity contribution is 7.99. The number of aryl methyl sites for hydroxylation is 1. The number of piperazine rings is 1. The van der Waals surface area contributed by atoms with E-state index in [4.69, 9.17) is 0 Å². The van der Waals surface area contributed by atoms with Crippen molar-refractivity contribution < 1.29 is 14.0 Å². The highest BCUT2D eigenvalue weighted by atomic mass is 32.2. The summed E-state index contributed by atoms with van der Waals surface area (Å²) in [6.07, 6.45) is 0.914. The molecule has 2 aliphatic rings. The molecule has 1 unspecified atom stereocenters. The summed E-state index contributed by atoms with van der Waals surface area (Å²) in [5.74, 6) is 1.60. The Labute approximate surface area is 145 Å². The van der Waals surface area contributed by atoms with Crippen molar-refractivity contribution in [3.8, 4) is 0 Å². The van der Waals surface area contributed by atoms with Crippen molar-refractivity contribution in [3.05, 3.63) is 35.6 Å². The average molecular weight is 351 g/mol. The molecule has 0 spiro atoms. The lowest BCUT2D eigenvalue weighted by molar-refractivity contribution is -0.140. The highest BCUT2D eigenvalue weighted by Crippen LogP contribution is 2.14. The Balaban J connectivity index is 1.44. The minimum atomic E-state index is -0.272. The van der Waals surface area contributed by atoms with E-state index in [2.05, 4.69) is 5.32 Å². The molecule has 1 aromatic carbocycles. The lowest BCUT2D eigenvalue weighted by atomic mass is 10.1. The standard InChI is InChI=1S/C17H22FN3O2S/c18-14-3-1-2-13(10-14)4-5-16(22)20-6-8-21(9-7-20)17(23)15-11-24-12-19-15/h1-3,10,15,19H,4-9,11-12H2. The predicted octanol–water partition coefficient (Wildman–Crippen LogP) is 1.09. The van der Waals surface area contributed by atoms with E-state index in [9.17, 15) is 14.0 Å². The molecule has 0 radical (unpaired) electrons. The number of carbonyl (C=O) groups is 2. The van der Waals surface area contributed by atoms with Crippen LogP contribution in [0.3, 0.4) is 0 Å². The largest absolute Gasteiger partial charge is 0.339 e. The van der Waals surface area contributed by atoms with Gasteiger partial charge in [0, 0.05) is 44.2 Å². The monoisotopic (exact) mass is 351 g/mol. The summed E-state index contributed by atoms with van der Waals surface area (Å²) in [6, 6.07) is 6.29. The Morgan fingerprint density at radius 3 is 2.62 bits per heavy atom. The molecule has 130 valence electrons. The summed E-state index contributed by atoms with van der Waals surface area (Å²) in [7, 11) is 0. The molecule has 24 heavy (non-hydrogen) atoms. The molecule has 5 nitrogen and oxygen atoms in total. The molecular formula is C17H22FN3O2S. The van der Waals surface area contributed by atoms with Crippen LogP contribution in [0.2, 0.25) is 0 Å². The van der Waals surface area contributed by atoms with Crippen LogP contribution in [-0.2, 0) is 16.0 Å². The SMILES string of the molecule is O=C(CCc1cccc(F)c1)N1CCN(C(=O)C2CSCN2)CC1. The Morgan fingerprint density at radius 2 is 1.96 bits per heavy atom. The molecule has 2 aliphatic heterocycles. The first kappa shape index (κ1) is 17.2. The molecular weight excluding hydrogens is 329 g/mol. The van der Waals surface area contributed by atoms with E-state index in [1.165, 1.54) is 12.1 Å². The summed E-state index contributed by atoms with van der Waals surface area (Å²) in [5, 5.41) is 3.19. The lowest BCUT2D eigenvalue weighted by Crippen LogP contribution is -2.54. The molecule has 1 atom stereocenters. The zero-order valence-electron chi connectivity index (χ0n) is 13.5. The van der Waals surface area contributed by atoms with Crippen LogP contribution >= 0.6 is 11.8 Å². The van der Waals surface area contributed by atoms with Crippen molar-refractivity contribution in [1.82, 2.24) is 15.1 Å². The van der Waals surface area contributed by atoms with Gasteiger partial charge in [-0.25, -0.2) is 4.39 Å². The van der Waals surface area contributed by atoms with Crippen LogP contribution in [0.25, 0.3) is 0 Å². The van der Waals surface area contributed by atoms with Crippen LogP contribution < -0.4 is 5.32 Å². The number of thioether (sulfide) groups is 1. The molecule has 2 saturated heterocycles. The number of carbonyl (C=O) groups excluding carboxylic acids is 2. The fraction of sp³-hybridized carbons (Fsp3) is 0.529. The van der Waals surface area contributed by atoms with Gasteiger partial charge < -0.3 is 9.80 Å². The van der Waals surface area contributed by atoms with E-state index in [1.54, 1.807) is 22.7 Å². The number of hydrogen-bond donors (Lipinski definition) is 1. The highest BCUT2D eigenvalue weighted by Gasteiger charge is 2.30. The second-order valence-corrected chi connectivity index (χ2v) is 7.14. The van der Waals surface area contributed by atoms with Crippen molar-refractivity contribution in [2.75, 3.05) is 37.8 Å². The summed E-state index contributed by atoms with van der Waals surface area (Å²) < 4.78 is 13.2. The molecule has 0 aliphatic carbocycles. The maximum Gasteiger partial charge on any atom is 0.240 e. The molecule has 1 N–H and O–H groups in total. The Bertz CT molecular complexity index is 599. The van der Waals surface area contributed by atoms with Crippen LogP contribution in [-0.4, -0.2) is 65.5 Å². The van der Waals surface area contributed by atoms with Crippen LogP contribution in [0.15, 0.2) is 24.3 Å². The van der Waals surface area contributed by atoms with Gasteiger partial charge in [-0.05, 0) is 24.1 Å². The minimum absolute atomic E-state index is 0.0703. The first-order chi connectivity index (χ1) is 11.6. The van der Waals surface area contributed by atoms with E-state index < -0.39 is 0 Å². The van der Waals surface area contributed by atoms with Gasteiger partial charge in [0.15, 0.2) is 0 Å². The smallest absolute Gasteiger partial charge is 0.240 e. The van der Waals surface area contributed by atoms with Gasteiger partial charge >= 0.3 is 0 Å². The number of amides is 2. The summed E-state index contributed by atoms with van der Waals surface area (Å²) in [4.78, 5) is 28.3. The van der Waals surface area contributed by atoms with Crippen molar-refractivity contribution in [2.45, 2.75) is 18.9 Å². The van der Waals surface area contributed by atoms with Gasteiger partial charge in [-0.1, -0.05) is 12.1 Å². The normalized spacial score (nSPS) is 21.1. The Hall–Kier alpha value is -1.60. The van der Waals surface area contributed by atoms with Gasteiger partial charge in [-0.3, -0.25) is 14.9 Å². The second kappa shape index (κ2) is 7.98. The van der Waals surface area contributed by atoms with E-state index in [0.717, 1.165) is 17.2 Å². The number of nitrogens with one attached hydrogen (secondary N) is 1. The fourth-order valence-electron chi connectivity index (χ4n) is 3.05. The van der Waals surface area contributed by atoms with E-state index >= 15 is 0 Å². The Kier molecular flexibility index (Phi) is 5.73. The second-order valence-electron chi connectivity index (χ2n) is 6.11. The van der Waals surface area contributed by atoms with E-state index in [1.807, 2.05) is 11.0 Å². The number of benzene rings is 1. The average Bonchev–Trinajstić information content (AvgIpc) is 3.14. The van der Waals surface area contributed by atoms with Crippen molar-refractivity contribution in [2.24, 2.45) is 0 Å². The quantitative estimate of drug-likeness (QED) is 0.882. The van der Waals surface area contributed by atoms with Crippen molar-refractivity contribution >= 4 is 23.6 Å². The van der Waals surface area contributed by atoms with Gasteiger partial charge in [0.2, 0.25) is 11.8 Å². The van der Waals surface area contributed by atoms with Gasteiger partial charge in [0.25, 0.3) is 0 Å². The van der Waals surface area contributed by atoms with E-state index in [-0.39, 0.29) is 23.7 Å². The zero-order valence-corrected chi connectivity index (χ0v) is 14.4. The summed E-state index contributed by atoms with van der Waals surface area (Å²) in [5.41, 5.74) is 0.835. The lowest BCUT2D eigenvalue weighted by Gasteiger charge is -2.36. The number of rotatable bonds is 4. The topological polar surface area (TPSA) is 52.7 Å². The van der Waals surface area contributed by atoms with Crippen LogP contribution in [0.5, 0.6) is 0 Å². The van der Waals surface area contributed by atoms with Crippen molar-refractivity contribution in [1.29, 1.82) is 0 Å². The van der Waals surface area contributed by atoms with Crippen LogP contribution in [0, 0.1) is 5.82 Å². The molecule has 3 rings (SSSR count). The van der Waals surface area contributed by atoms with Crippen LogP contribution in [0.4, 0.5) is 4.39 Å². The number of nitrogens with zero attached hydrogens (tertiary/aromatic N) is 2. The molecule has 2 amide bonds. The third-order valence-electron chi connectivity index (χ3n) is 4.48. The first-order valence-corrected chi connectivity index (χ1v) is 9.41. The molecule has 1 aromatic rings. The molecule has 0 bridgehead atoms. The maximum absolute atomic E-state index is 13.2. The van der Waals surface area contributed by atoms with Gasteiger partial charge in [-0.15, -0.1) is 11.8 Å². The maximum atomic E-state index is 13.2. The van der Waals surface area contributed by atoms with Gasteiger partial charge in [0.05, 0.1) is 6.04 Å².